The predicted octanol–water partition coefficient (Wildman–Crippen LogP) is 2.73. The first-order valence-corrected chi connectivity index (χ1v) is 14.3. The van der Waals surface area contributed by atoms with Crippen LogP contribution < -0.4 is 24.4 Å². The zero-order valence-corrected chi connectivity index (χ0v) is 22.6. The minimum Gasteiger partial charge on any atom is -0.486 e. The number of amides is 2. The van der Waals surface area contributed by atoms with E-state index in [0.717, 1.165) is 12.0 Å². The van der Waals surface area contributed by atoms with E-state index >= 15 is 0 Å². The quantitative estimate of drug-likeness (QED) is 0.596. The van der Waals surface area contributed by atoms with Crippen LogP contribution in [0.4, 0.5) is 5.69 Å². The molecule has 204 valence electrons. The highest BCUT2D eigenvalue weighted by atomic mass is 32.2. The van der Waals surface area contributed by atoms with Gasteiger partial charge in [0.1, 0.15) is 25.5 Å². The van der Waals surface area contributed by atoms with Gasteiger partial charge < -0.3 is 19.5 Å². The molecule has 0 radical (unpaired) electrons. The van der Waals surface area contributed by atoms with E-state index in [2.05, 4.69) is 5.32 Å². The summed E-state index contributed by atoms with van der Waals surface area (Å²) < 4.78 is 45.2. The summed E-state index contributed by atoms with van der Waals surface area (Å²) in [4.78, 5) is 27.2. The van der Waals surface area contributed by atoms with E-state index < -0.39 is 15.9 Å². The largest absolute Gasteiger partial charge is 0.486 e. The molecule has 0 saturated carbocycles. The second-order valence-corrected chi connectivity index (χ2v) is 12.3. The fourth-order valence-corrected chi connectivity index (χ4v) is 7.01. The summed E-state index contributed by atoms with van der Waals surface area (Å²) in [6.45, 7) is 7.27. The average Bonchev–Trinajstić information content (AvgIpc) is 2.89. The van der Waals surface area contributed by atoms with Crippen LogP contribution in [-0.2, 0) is 19.6 Å². The van der Waals surface area contributed by atoms with Crippen molar-refractivity contribution in [3.05, 3.63) is 42.0 Å². The lowest BCUT2D eigenvalue weighted by Crippen LogP contribution is -2.46. The number of nitrogens with one attached hydrogen (secondary N) is 1. The topological polar surface area (TPSA) is 114 Å². The van der Waals surface area contributed by atoms with Gasteiger partial charge >= 0.3 is 0 Å². The Labute approximate surface area is 222 Å². The Hall–Kier alpha value is -3.31. The average molecular weight is 544 g/mol. The third kappa shape index (κ3) is 5.30. The molecule has 0 spiro atoms. The summed E-state index contributed by atoms with van der Waals surface area (Å²) >= 11 is 0. The lowest BCUT2D eigenvalue weighted by atomic mass is 9.94. The number of hydrogen-bond donors (Lipinski definition) is 1. The predicted molar refractivity (Wildman–Crippen MR) is 140 cm³/mol. The first-order valence-electron chi connectivity index (χ1n) is 12.9. The van der Waals surface area contributed by atoms with Crippen molar-refractivity contribution in [3.8, 4) is 17.2 Å². The Kier molecular flexibility index (Phi) is 7.23. The number of sulfonamides is 1. The maximum absolute atomic E-state index is 13.5. The number of ether oxygens (including phenoxy) is 3. The molecule has 5 rings (SSSR count). The zero-order valence-electron chi connectivity index (χ0n) is 21.8. The number of benzene rings is 2. The Morgan fingerprint density at radius 2 is 1.68 bits per heavy atom. The van der Waals surface area contributed by atoms with E-state index in [9.17, 15) is 18.0 Å². The molecule has 2 amide bonds. The summed E-state index contributed by atoms with van der Waals surface area (Å²) in [6.07, 6.45) is 0.978. The van der Waals surface area contributed by atoms with Gasteiger partial charge in [0.05, 0.1) is 16.6 Å². The number of anilines is 1. The molecule has 1 fully saturated rings. The molecular weight excluding hydrogens is 510 g/mol. The highest BCUT2D eigenvalue weighted by molar-refractivity contribution is 7.89. The number of rotatable bonds is 6. The molecule has 0 bridgehead atoms. The van der Waals surface area contributed by atoms with Gasteiger partial charge in [0.25, 0.3) is 5.91 Å². The molecule has 0 aromatic heterocycles. The first-order chi connectivity index (χ1) is 18.1. The van der Waals surface area contributed by atoms with Crippen LogP contribution in [0, 0.1) is 11.8 Å². The van der Waals surface area contributed by atoms with Crippen LogP contribution in [-0.4, -0.2) is 64.0 Å². The SMILES string of the molecule is C[C@@H]1C[C@@H](C)CN(S(=O)(=O)c2ccc3c(c2)N(CC(=O)N[C@H](C)c2ccc4c(c2)OCCO4)C(=O)CO3)C1. The van der Waals surface area contributed by atoms with Gasteiger partial charge in [-0.25, -0.2) is 8.42 Å². The normalized spacial score (nSPS) is 22.3. The minimum absolute atomic E-state index is 0.0749. The van der Waals surface area contributed by atoms with Crippen molar-refractivity contribution in [3.63, 3.8) is 0 Å². The van der Waals surface area contributed by atoms with E-state index in [-0.39, 0.29) is 47.5 Å². The summed E-state index contributed by atoms with van der Waals surface area (Å²) in [5, 5.41) is 2.91. The number of nitrogens with zero attached hydrogens (tertiary/aromatic N) is 2. The standard InChI is InChI=1S/C27H33N3O7S/c1-17-10-18(2)14-29(13-17)38(33,34)21-5-7-23-22(12-21)30(27(32)16-37-23)15-26(31)28-19(3)20-4-6-24-25(11-20)36-9-8-35-24/h4-7,11-12,17-19H,8-10,13-16H2,1-3H3,(H,28,31)/t17-,18-,19-/m1/s1. The molecule has 10 nitrogen and oxygen atoms in total. The minimum atomic E-state index is -3.78. The molecule has 3 atom stereocenters. The molecule has 38 heavy (non-hydrogen) atoms. The van der Waals surface area contributed by atoms with Crippen LogP contribution in [0.5, 0.6) is 17.2 Å². The van der Waals surface area contributed by atoms with Crippen molar-refractivity contribution in [2.75, 3.05) is 44.4 Å². The van der Waals surface area contributed by atoms with Gasteiger partial charge in [-0.3, -0.25) is 14.5 Å². The number of piperidine rings is 1. The van der Waals surface area contributed by atoms with Gasteiger partial charge in [0.15, 0.2) is 18.1 Å². The van der Waals surface area contributed by atoms with Gasteiger partial charge in [-0.1, -0.05) is 19.9 Å². The highest BCUT2D eigenvalue weighted by Gasteiger charge is 2.34. The van der Waals surface area contributed by atoms with Crippen LogP contribution in [0.1, 0.15) is 38.8 Å². The third-order valence-corrected chi connectivity index (χ3v) is 8.92. The van der Waals surface area contributed by atoms with Gasteiger partial charge in [-0.15, -0.1) is 0 Å². The second kappa shape index (κ2) is 10.5. The Morgan fingerprint density at radius 3 is 2.42 bits per heavy atom. The fraction of sp³-hybridized carbons (Fsp3) is 0.481. The molecule has 3 heterocycles. The molecule has 1 N–H and O–H groups in total. The molecule has 0 unspecified atom stereocenters. The van der Waals surface area contributed by atoms with Crippen molar-refractivity contribution in [2.24, 2.45) is 11.8 Å². The summed E-state index contributed by atoms with van der Waals surface area (Å²) in [6, 6.07) is 9.61. The Bertz CT molecular complexity index is 1340. The lowest BCUT2D eigenvalue weighted by Gasteiger charge is -2.34. The van der Waals surface area contributed by atoms with Crippen molar-refractivity contribution >= 4 is 27.5 Å². The van der Waals surface area contributed by atoms with Gasteiger partial charge in [-0.05, 0) is 61.1 Å². The second-order valence-electron chi connectivity index (χ2n) is 10.4. The summed E-state index contributed by atoms with van der Waals surface area (Å²) in [7, 11) is -3.78. The summed E-state index contributed by atoms with van der Waals surface area (Å²) in [5.41, 5.74) is 1.09. The van der Waals surface area contributed by atoms with Gasteiger partial charge in [-0.2, -0.15) is 4.31 Å². The van der Waals surface area contributed by atoms with Crippen LogP contribution in [0.25, 0.3) is 0 Å². The van der Waals surface area contributed by atoms with E-state index in [0.29, 0.717) is 43.6 Å². The number of fused-ring (bicyclic) bond motifs is 2. The molecule has 3 aliphatic heterocycles. The van der Waals surface area contributed by atoms with E-state index in [1.54, 1.807) is 12.1 Å². The molecular formula is C27H33N3O7S. The molecule has 1 saturated heterocycles. The number of hydrogen-bond acceptors (Lipinski definition) is 7. The molecule has 0 aliphatic carbocycles. The maximum atomic E-state index is 13.5. The molecule has 11 heteroatoms. The van der Waals surface area contributed by atoms with E-state index in [1.165, 1.54) is 21.3 Å². The van der Waals surface area contributed by atoms with Crippen LogP contribution in [0.15, 0.2) is 41.3 Å². The third-order valence-electron chi connectivity index (χ3n) is 7.09. The van der Waals surface area contributed by atoms with Gasteiger partial charge in [0.2, 0.25) is 15.9 Å². The van der Waals surface area contributed by atoms with Crippen molar-refractivity contribution in [1.82, 2.24) is 9.62 Å². The van der Waals surface area contributed by atoms with Crippen LogP contribution in [0.3, 0.4) is 0 Å². The van der Waals surface area contributed by atoms with Crippen molar-refractivity contribution < 1.29 is 32.2 Å². The number of carbonyl (C=O) groups excluding carboxylic acids is 2. The van der Waals surface area contributed by atoms with Crippen LogP contribution >= 0.6 is 0 Å². The summed E-state index contributed by atoms with van der Waals surface area (Å²) in [5.74, 6) is 1.35. The van der Waals surface area contributed by atoms with Crippen LogP contribution in [0.2, 0.25) is 0 Å². The van der Waals surface area contributed by atoms with Crippen molar-refractivity contribution in [1.29, 1.82) is 0 Å². The Balaban J connectivity index is 1.33. The molecule has 2 aromatic carbocycles. The Morgan fingerprint density at radius 1 is 1.00 bits per heavy atom. The molecule has 3 aliphatic rings. The number of carbonyl (C=O) groups is 2. The first kappa shape index (κ1) is 26.3. The maximum Gasteiger partial charge on any atom is 0.265 e. The fourth-order valence-electron chi connectivity index (χ4n) is 5.31. The monoisotopic (exact) mass is 543 g/mol. The highest BCUT2D eigenvalue weighted by Crippen LogP contribution is 2.36. The van der Waals surface area contributed by atoms with Crippen molar-refractivity contribution in [2.45, 2.75) is 38.1 Å². The smallest absolute Gasteiger partial charge is 0.265 e. The van der Waals surface area contributed by atoms with E-state index in [1.807, 2.05) is 32.9 Å². The molecule has 2 aromatic rings. The zero-order chi connectivity index (χ0) is 27.0. The van der Waals surface area contributed by atoms with Gasteiger partial charge in [0, 0.05) is 13.1 Å². The van der Waals surface area contributed by atoms with E-state index in [4.69, 9.17) is 14.2 Å². The lowest BCUT2D eigenvalue weighted by molar-refractivity contribution is -0.125.